The van der Waals surface area contributed by atoms with Gasteiger partial charge in [-0.15, -0.1) is 5.10 Å². The Morgan fingerprint density at radius 1 is 1.33 bits per heavy atom. The molecule has 3 aromatic heterocycles. The van der Waals surface area contributed by atoms with E-state index in [2.05, 4.69) is 19.8 Å². The van der Waals surface area contributed by atoms with Gasteiger partial charge in [-0.3, -0.25) is 0 Å². The summed E-state index contributed by atoms with van der Waals surface area (Å²) in [5, 5.41) is 4.45. The van der Waals surface area contributed by atoms with Crippen molar-refractivity contribution in [3.8, 4) is 17.4 Å². The summed E-state index contributed by atoms with van der Waals surface area (Å²) in [4.78, 5) is 8.77. The van der Waals surface area contributed by atoms with E-state index in [0.717, 1.165) is 11.8 Å². The Labute approximate surface area is 139 Å². The molecule has 0 bridgehead atoms. The molecule has 3 rings (SSSR count). The van der Waals surface area contributed by atoms with E-state index >= 15 is 0 Å². The van der Waals surface area contributed by atoms with Gasteiger partial charge in [0.15, 0.2) is 11.6 Å². The standard InChI is InChI=1S/C15H17N5O3S/c1-11-5-7-16-14(10-11)20-13(6-8-17-24(2,21)22)18-15(19-20)12-4-3-9-23-12/h3-5,7,9-10,17H,6,8H2,1-2H3. The van der Waals surface area contributed by atoms with Crippen LogP contribution < -0.4 is 4.72 Å². The van der Waals surface area contributed by atoms with Gasteiger partial charge in [0.25, 0.3) is 0 Å². The highest BCUT2D eigenvalue weighted by Crippen LogP contribution is 2.18. The molecule has 0 radical (unpaired) electrons. The van der Waals surface area contributed by atoms with Gasteiger partial charge < -0.3 is 4.42 Å². The van der Waals surface area contributed by atoms with E-state index in [9.17, 15) is 8.42 Å². The number of rotatable bonds is 6. The van der Waals surface area contributed by atoms with E-state index in [0.29, 0.717) is 29.6 Å². The molecule has 0 spiro atoms. The van der Waals surface area contributed by atoms with Crippen molar-refractivity contribution in [3.63, 3.8) is 0 Å². The van der Waals surface area contributed by atoms with Crippen molar-refractivity contribution >= 4 is 10.0 Å². The first-order valence-corrected chi connectivity index (χ1v) is 9.19. The van der Waals surface area contributed by atoms with Gasteiger partial charge in [0.1, 0.15) is 5.82 Å². The van der Waals surface area contributed by atoms with Gasteiger partial charge in [-0.1, -0.05) is 0 Å². The molecule has 0 aromatic carbocycles. The molecule has 0 saturated carbocycles. The van der Waals surface area contributed by atoms with Crippen LogP contribution in [0, 0.1) is 6.92 Å². The molecule has 9 heteroatoms. The number of sulfonamides is 1. The predicted molar refractivity (Wildman–Crippen MR) is 88.1 cm³/mol. The van der Waals surface area contributed by atoms with Crippen LogP contribution >= 0.6 is 0 Å². The van der Waals surface area contributed by atoms with Gasteiger partial charge in [0.05, 0.1) is 12.5 Å². The first-order valence-electron chi connectivity index (χ1n) is 7.30. The number of nitrogens with one attached hydrogen (secondary N) is 1. The number of furan rings is 1. The first-order chi connectivity index (χ1) is 11.4. The zero-order valence-corrected chi connectivity index (χ0v) is 14.1. The fourth-order valence-electron chi connectivity index (χ4n) is 2.18. The summed E-state index contributed by atoms with van der Waals surface area (Å²) in [5.41, 5.74) is 1.04. The van der Waals surface area contributed by atoms with E-state index in [1.165, 1.54) is 0 Å². The highest BCUT2D eigenvalue weighted by Gasteiger charge is 2.16. The zero-order chi connectivity index (χ0) is 17.2. The number of aryl methyl sites for hydroxylation is 1. The molecule has 0 aliphatic rings. The average molecular weight is 347 g/mol. The third kappa shape index (κ3) is 3.87. The monoisotopic (exact) mass is 347 g/mol. The Bertz CT molecular complexity index is 932. The predicted octanol–water partition coefficient (Wildman–Crippen LogP) is 1.32. The maximum atomic E-state index is 11.2. The maximum absolute atomic E-state index is 11.2. The second-order valence-electron chi connectivity index (χ2n) is 5.35. The number of nitrogens with zero attached hydrogens (tertiary/aromatic N) is 4. The Morgan fingerprint density at radius 3 is 2.83 bits per heavy atom. The summed E-state index contributed by atoms with van der Waals surface area (Å²) in [5.74, 6) is 2.18. The van der Waals surface area contributed by atoms with Crippen LogP contribution in [0.15, 0.2) is 41.1 Å². The van der Waals surface area contributed by atoms with Crippen LogP contribution in [0.25, 0.3) is 17.4 Å². The molecule has 1 N–H and O–H groups in total. The van der Waals surface area contributed by atoms with Gasteiger partial charge in [-0.2, -0.15) is 4.68 Å². The number of hydrogen-bond donors (Lipinski definition) is 1. The van der Waals surface area contributed by atoms with Crippen molar-refractivity contribution in [1.29, 1.82) is 0 Å². The van der Waals surface area contributed by atoms with Gasteiger partial charge in [-0.05, 0) is 36.8 Å². The highest BCUT2D eigenvalue weighted by atomic mass is 32.2. The van der Waals surface area contributed by atoms with Gasteiger partial charge in [0.2, 0.25) is 15.8 Å². The quantitative estimate of drug-likeness (QED) is 0.721. The van der Waals surface area contributed by atoms with Crippen molar-refractivity contribution in [2.75, 3.05) is 12.8 Å². The van der Waals surface area contributed by atoms with Crippen molar-refractivity contribution in [3.05, 3.63) is 48.1 Å². The topological polar surface area (TPSA) is 103 Å². The summed E-state index contributed by atoms with van der Waals surface area (Å²) in [6.07, 6.45) is 4.73. The van der Waals surface area contributed by atoms with Crippen LogP contribution in [0.3, 0.4) is 0 Å². The Morgan fingerprint density at radius 2 is 2.17 bits per heavy atom. The second kappa shape index (κ2) is 6.54. The number of aromatic nitrogens is 4. The van der Waals surface area contributed by atoms with Crippen LogP contribution in [-0.2, 0) is 16.4 Å². The lowest BCUT2D eigenvalue weighted by molar-refractivity contribution is 0.577. The molecule has 0 aliphatic heterocycles. The summed E-state index contributed by atoms with van der Waals surface area (Å²) in [6, 6.07) is 7.29. The minimum atomic E-state index is -3.26. The molecule has 0 fully saturated rings. The van der Waals surface area contributed by atoms with E-state index < -0.39 is 10.0 Å². The SMILES string of the molecule is Cc1ccnc(-n2nc(-c3ccco3)nc2CCNS(C)(=O)=O)c1. The highest BCUT2D eigenvalue weighted by molar-refractivity contribution is 7.88. The normalized spacial score (nSPS) is 11.8. The number of pyridine rings is 1. The molecular weight excluding hydrogens is 330 g/mol. The van der Waals surface area contributed by atoms with Crippen molar-refractivity contribution in [2.24, 2.45) is 0 Å². The van der Waals surface area contributed by atoms with Crippen LogP contribution in [0.4, 0.5) is 0 Å². The lowest BCUT2D eigenvalue weighted by Crippen LogP contribution is -2.25. The third-order valence-electron chi connectivity index (χ3n) is 3.25. The molecule has 24 heavy (non-hydrogen) atoms. The molecule has 3 aromatic rings. The molecule has 126 valence electrons. The van der Waals surface area contributed by atoms with Crippen molar-refractivity contribution in [1.82, 2.24) is 24.5 Å². The van der Waals surface area contributed by atoms with Crippen molar-refractivity contribution in [2.45, 2.75) is 13.3 Å². The fraction of sp³-hybridized carbons (Fsp3) is 0.267. The van der Waals surface area contributed by atoms with E-state index in [-0.39, 0.29) is 6.54 Å². The summed E-state index contributed by atoms with van der Waals surface area (Å²) in [7, 11) is -3.26. The Balaban J connectivity index is 1.95. The van der Waals surface area contributed by atoms with Crippen LogP contribution in [-0.4, -0.2) is 41.0 Å². The maximum Gasteiger partial charge on any atom is 0.217 e. The number of hydrogen-bond acceptors (Lipinski definition) is 6. The molecule has 0 unspecified atom stereocenters. The molecular formula is C15H17N5O3S. The van der Waals surface area contributed by atoms with Gasteiger partial charge in [-0.25, -0.2) is 23.1 Å². The molecule has 3 heterocycles. The first kappa shape index (κ1) is 16.3. The summed E-state index contributed by atoms with van der Waals surface area (Å²) < 4.78 is 31.9. The minimum absolute atomic E-state index is 0.223. The third-order valence-corrected chi connectivity index (χ3v) is 3.98. The molecule has 0 atom stereocenters. The summed E-state index contributed by atoms with van der Waals surface area (Å²) in [6.45, 7) is 2.18. The fourth-order valence-corrected chi connectivity index (χ4v) is 2.66. The van der Waals surface area contributed by atoms with Crippen LogP contribution in [0.1, 0.15) is 11.4 Å². The van der Waals surface area contributed by atoms with Crippen molar-refractivity contribution < 1.29 is 12.8 Å². The van der Waals surface area contributed by atoms with Gasteiger partial charge >= 0.3 is 0 Å². The smallest absolute Gasteiger partial charge is 0.217 e. The minimum Gasteiger partial charge on any atom is -0.461 e. The lowest BCUT2D eigenvalue weighted by atomic mass is 10.3. The van der Waals surface area contributed by atoms with E-state index in [1.54, 1.807) is 29.3 Å². The molecule has 0 aliphatic carbocycles. The Hall–Kier alpha value is -2.52. The Kier molecular flexibility index (Phi) is 4.45. The van der Waals surface area contributed by atoms with E-state index in [4.69, 9.17) is 4.42 Å². The zero-order valence-electron chi connectivity index (χ0n) is 13.3. The van der Waals surface area contributed by atoms with E-state index in [1.807, 2.05) is 19.1 Å². The van der Waals surface area contributed by atoms with Crippen LogP contribution in [0.2, 0.25) is 0 Å². The van der Waals surface area contributed by atoms with Crippen LogP contribution in [0.5, 0.6) is 0 Å². The molecule has 0 saturated heterocycles. The lowest BCUT2D eigenvalue weighted by Gasteiger charge is -2.06. The second-order valence-corrected chi connectivity index (χ2v) is 7.18. The average Bonchev–Trinajstić information content (AvgIpc) is 3.15. The summed E-state index contributed by atoms with van der Waals surface area (Å²) >= 11 is 0. The molecule has 8 nitrogen and oxygen atoms in total. The largest absolute Gasteiger partial charge is 0.461 e. The molecule has 0 amide bonds. The van der Waals surface area contributed by atoms with Gasteiger partial charge in [0, 0.05) is 19.2 Å².